The molecule has 0 saturated carbocycles. The normalized spacial score (nSPS) is 16.3. The minimum atomic E-state index is -0.513. The Morgan fingerprint density at radius 2 is 2.05 bits per heavy atom. The number of carbonyl (C=O) groups excluding carboxylic acids is 1. The van der Waals surface area contributed by atoms with Crippen LogP contribution in [0.25, 0.3) is 11.3 Å². The minimum absolute atomic E-state index is 0.0258. The number of rotatable bonds is 1. The van der Waals surface area contributed by atoms with Crippen molar-refractivity contribution in [2.75, 3.05) is 11.1 Å². The summed E-state index contributed by atoms with van der Waals surface area (Å²) in [7, 11) is 0. The number of hydrogen-bond donors (Lipinski definition) is 3. The van der Waals surface area contributed by atoms with E-state index in [0.29, 0.717) is 5.95 Å². The van der Waals surface area contributed by atoms with Gasteiger partial charge in [-0.05, 0) is 38.5 Å². The number of nitrogens with two attached hydrogens (primary N) is 1. The van der Waals surface area contributed by atoms with E-state index in [2.05, 4.69) is 15.3 Å². The molecule has 19 heavy (non-hydrogen) atoms. The number of carbonyl (C=O) groups is 1. The van der Waals surface area contributed by atoms with Gasteiger partial charge in [-0.2, -0.15) is 0 Å². The first-order valence-electron chi connectivity index (χ1n) is 6.18. The van der Waals surface area contributed by atoms with Crippen molar-refractivity contribution >= 4 is 17.5 Å². The molecule has 5 nitrogen and oxygen atoms in total. The van der Waals surface area contributed by atoms with E-state index < -0.39 is 5.41 Å². The molecule has 0 radical (unpaired) electrons. The summed E-state index contributed by atoms with van der Waals surface area (Å²) in [6, 6.07) is 5.88. The fraction of sp³-hybridized carbons (Fsp3) is 0.286. The maximum atomic E-state index is 11.9. The monoisotopic (exact) mass is 256 g/mol. The summed E-state index contributed by atoms with van der Waals surface area (Å²) in [5, 5.41) is 2.89. The second kappa shape index (κ2) is 3.60. The largest absolute Gasteiger partial charge is 0.369 e. The van der Waals surface area contributed by atoms with Crippen molar-refractivity contribution in [3.05, 3.63) is 29.5 Å². The molecule has 1 aromatic heterocycles. The predicted molar refractivity (Wildman–Crippen MR) is 74.8 cm³/mol. The average Bonchev–Trinajstić information content (AvgIpc) is 2.78. The summed E-state index contributed by atoms with van der Waals surface area (Å²) in [5.74, 6) is 0.430. The predicted octanol–water partition coefficient (Wildman–Crippen LogP) is 2.20. The van der Waals surface area contributed by atoms with E-state index in [1.54, 1.807) is 0 Å². The molecule has 0 fully saturated rings. The van der Waals surface area contributed by atoms with E-state index in [-0.39, 0.29) is 5.91 Å². The number of H-pyrrole nitrogens is 1. The van der Waals surface area contributed by atoms with Crippen LogP contribution in [0.5, 0.6) is 0 Å². The molecule has 0 aliphatic carbocycles. The first-order valence-corrected chi connectivity index (χ1v) is 6.18. The van der Waals surface area contributed by atoms with E-state index in [0.717, 1.165) is 28.2 Å². The number of anilines is 2. The van der Waals surface area contributed by atoms with Crippen LogP contribution in [0.15, 0.2) is 18.2 Å². The Balaban J connectivity index is 2.16. The van der Waals surface area contributed by atoms with Crippen LogP contribution in [0.3, 0.4) is 0 Å². The Bertz CT molecular complexity index is 685. The first kappa shape index (κ1) is 11.8. The molecule has 0 bridgehead atoms. The van der Waals surface area contributed by atoms with Gasteiger partial charge >= 0.3 is 0 Å². The molecular weight excluding hydrogens is 240 g/mol. The summed E-state index contributed by atoms with van der Waals surface area (Å²) < 4.78 is 0. The minimum Gasteiger partial charge on any atom is -0.369 e. The molecule has 1 aromatic carbocycles. The summed E-state index contributed by atoms with van der Waals surface area (Å²) in [4.78, 5) is 19.2. The van der Waals surface area contributed by atoms with E-state index in [9.17, 15) is 4.79 Å². The number of aryl methyl sites for hydroxylation is 1. The Morgan fingerprint density at radius 1 is 1.32 bits per heavy atom. The molecule has 1 aliphatic rings. The van der Waals surface area contributed by atoms with Crippen molar-refractivity contribution in [3.63, 3.8) is 0 Å². The lowest BCUT2D eigenvalue weighted by Crippen LogP contribution is -2.26. The Morgan fingerprint density at radius 3 is 2.68 bits per heavy atom. The third-order valence-electron chi connectivity index (χ3n) is 3.69. The average molecular weight is 256 g/mol. The molecule has 5 heteroatoms. The van der Waals surface area contributed by atoms with E-state index >= 15 is 0 Å². The fourth-order valence-corrected chi connectivity index (χ4v) is 2.48. The van der Waals surface area contributed by atoms with Gasteiger partial charge in [0.2, 0.25) is 5.91 Å². The third kappa shape index (κ3) is 1.62. The van der Waals surface area contributed by atoms with E-state index in [4.69, 9.17) is 5.73 Å². The number of aromatic amines is 1. The van der Waals surface area contributed by atoms with Gasteiger partial charge in [0.1, 0.15) is 0 Å². The zero-order chi connectivity index (χ0) is 13.8. The highest BCUT2D eigenvalue weighted by Crippen LogP contribution is 2.39. The molecule has 98 valence electrons. The SMILES string of the molecule is Cc1[nH]c(N)nc1-c1ccc2c(c1)C(C)(C)C(=O)N2. The van der Waals surface area contributed by atoms with Crippen molar-refractivity contribution in [1.82, 2.24) is 9.97 Å². The fourth-order valence-electron chi connectivity index (χ4n) is 2.48. The van der Waals surface area contributed by atoms with Gasteiger partial charge in [-0.1, -0.05) is 6.07 Å². The van der Waals surface area contributed by atoms with E-state index in [1.165, 1.54) is 0 Å². The lowest BCUT2D eigenvalue weighted by molar-refractivity contribution is -0.119. The number of nitrogen functional groups attached to an aromatic ring is 1. The lowest BCUT2D eigenvalue weighted by Gasteiger charge is -2.15. The summed E-state index contributed by atoms with van der Waals surface area (Å²) in [6.07, 6.45) is 0. The van der Waals surface area contributed by atoms with Crippen LogP contribution in [-0.4, -0.2) is 15.9 Å². The second-order valence-corrected chi connectivity index (χ2v) is 5.44. The van der Waals surface area contributed by atoms with Gasteiger partial charge in [-0.3, -0.25) is 4.79 Å². The van der Waals surface area contributed by atoms with Crippen molar-refractivity contribution in [2.24, 2.45) is 0 Å². The lowest BCUT2D eigenvalue weighted by atomic mass is 9.85. The summed E-state index contributed by atoms with van der Waals surface area (Å²) >= 11 is 0. The molecule has 4 N–H and O–H groups in total. The number of nitrogens with one attached hydrogen (secondary N) is 2. The first-order chi connectivity index (χ1) is 8.89. The molecule has 2 heterocycles. The molecule has 0 saturated heterocycles. The quantitative estimate of drug-likeness (QED) is 0.731. The Kier molecular flexibility index (Phi) is 2.23. The molecule has 2 aromatic rings. The zero-order valence-corrected chi connectivity index (χ0v) is 11.2. The van der Waals surface area contributed by atoms with Crippen LogP contribution >= 0.6 is 0 Å². The smallest absolute Gasteiger partial charge is 0.234 e. The van der Waals surface area contributed by atoms with Crippen LogP contribution in [0.2, 0.25) is 0 Å². The van der Waals surface area contributed by atoms with Crippen LogP contribution in [0, 0.1) is 6.92 Å². The molecule has 0 spiro atoms. The van der Waals surface area contributed by atoms with Gasteiger partial charge in [0.15, 0.2) is 5.95 Å². The highest BCUT2D eigenvalue weighted by molar-refractivity contribution is 6.06. The van der Waals surface area contributed by atoms with Crippen molar-refractivity contribution in [2.45, 2.75) is 26.2 Å². The maximum Gasteiger partial charge on any atom is 0.234 e. The standard InChI is InChI=1S/C14H16N4O/c1-7-11(18-13(15)16-7)8-4-5-10-9(6-8)14(2,3)12(19)17-10/h4-6H,1-3H3,(H,17,19)(H3,15,16,18). The number of nitrogens with zero attached hydrogens (tertiary/aromatic N) is 1. The Labute approximate surface area is 111 Å². The molecule has 1 amide bonds. The van der Waals surface area contributed by atoms with Crippen molar-refractivity contribution < 1.29 is 4.79 Å². The topological polar surface area (TPSA) is 83.8 Å². The zero-order valence-electron chi connectivity index (χ0n) is 11.2. The number of imidazole rings is 1. The number of aromatic nitrogens is 2. The van der Waals surface area contributed by atoms with Crippen LogP contribution in [-0.2, 0) is 10.2 Å². The maximum absolute atomic E-state index is 11.9. The molecule has 3 rings (SSSR count). The summed E-state index contributed by atoms with van der Waals surface area (Å²) in [6.45, 7) is 5.77. The second-order valence-electron chi connectivity index (χ2n) is 5.44. The number of benzene rings is 1. The van der Waals surface area contributed by atoms with Crippen molar-refractivity contribution in [1.29, 1.82) is 0 Å². The van der Waals surface area contributed by atoms with Gasteiger partial charge in [-0.25, -0.2) is 4.98 Å². The number of amides is 1. The number of hydrogen-bond acceptors (Lipinski definition) is 3. The van der Waals surface area contributed by atoms with Gasteiger partial charge in [0.05, 0.1) is 11.1 Å². The third-order valence-corrected chi connectivity index (χ3v) is 3.69. The Hall–Kier alpha value is -2.30. The van der Waals surface area contributed by atoms with Gasteiger partial charge in [0, 0.05) is 16.9 Å². The van der Waals surface area contributed by atoms with Crippen LogP contribution < -0.4 is 11.1 Å². The van der Waals surface area contributed by atoms with Gasteiger partial charge in [-0.15, -0.1) is 0 Å². The van der Waals surface area contributed by atoms with E-state index in [1.807, 2.05) is 39.0 Å². The van der Waals surface area contributed by atoms with Crippen LogP contribution in [0.1, 0.15) is 25.1 Å². The number of fused-ring (bicyclic) bond motifs is 1. The molecule has 0 unspecified atom stereocenters. The molecule has 0 atom stereocenters. The van der Waals surface area contributed by atoms with Crippen molar-refractivity contribution in [3.8, 4) is 11.3 Å². The highest BCUT2D eigenvalue weighted by Gasteiger charge is 2.38. The van der Waals surface area contributed by atoms with Gasteiger partial charge < -0.3 is 16.0 Å². The molecule has 1 aliphatic heterocycles. The van der Waals surface area contributed by atoms with Gasteiger partial charge in [0.25, 0.3) is 0 Å². The van der Waals surface area contributed by atoms with Crippen LogP contribution in [0.4, 0.5) is 11.6 Å². The molecular formula is C14H16N4O. The highest BCUT2D eigenvalue weighted by atomic mass is 16.2. The summed E-state index contributed by atoms with van der Waals surface area (Å²) in [5.41, 5.74) is 9.75.